The van der Waals surface area contributed by atoms with Crippen molar-refractivity contribution in [2.45, 2.75) is 11.8 Å². The van der Waals surface area contributed by atoms with Crippen molar-refractivity contribution < 1.29 is 13.2 Å². The molecule has 0 fully saturated rings. The molecule has 0 saturated carbocycles. The maximum absolute atomic E-state index is 12.3. The van der Waals surface area contributed by atoms with Crippen LogP contribution in [0.2, 0.25) is 0 Å². The van der Waals surface area contributed by atoms with E-state index in [2.05, 4.69) is 20.0 Å². The van der Waals surface area contributed by atoms with Gasteiger partial charge in [-0.2, -0.15) is 0 Å². The minimum atomic E-state index is -3.57. The van der Waals surface area contributed by atoms with Crippen LogP contribution in [0.4, 0.5) is 5.82 Å². The summed E-state index contributed by atoms with van der Waals surface area (Å²) in [6.45, 7) is 3.01. The summed E-state index contributed by atoms with van der Waals surface area (Å²) in [6, 6.07) is 11.9. The zero-order chi connectivity index (χ0) is 19.1. The van der Waals surface area contributed by atoms with Gasteiger partial charge in [-0.25, -0.2) is 23.1 Å². The second-order valence-corrected chi connectivity index (χ2v) is 7.35. The number of rotatable bonds is 9. The van der Waals surface area contributed by atoms with Crippen LogP contribution < -0.4 is 14.8 Å². The lowest BCUT2D eigenvalue weighted by Gasteiger charge is -2.10. The molecule has 142 valence electrons. The Bertz CT molecular complexity index is 957. The number of hydrogen-bond donors (Lipinski definition) is 2. The van der Waals surface area contributed by atoms with Crippen LogP contribution in [0.5, 0.6) is 5.75 Å². The molecule has 0 aliphatic rings. The first-order valence-electron chi connectivity index (χ1n) is 8.50. The van der Waals surface area contributed by atoms with E-state index in [0.29, 0.717) is 24.7 Å². The van der Waals surface area contributed by atoms with Gasteiger partial charge >= 0.3 is 0 Å². The van der Waals surface area contributed by atoms with E-state index in [4.69, 9.17) is 4.74 Å². The van der Waals surface area contributed by atoms with Crippen molar-refractivity contribution in [3.63, 3.8) is 0 Å². The monoisotopic (exact) mass is 387 g/mol. The average molecular weight is 387 g/mol. The van der Waals surface area contributed by atoms with Gasteiger partial charge in [0.1, 0.15) is 23.7 Å². The third kappa shape index (κ3) is 5.05. The van der Waals surface area contributed by atoms with E-state index in [1.807, 2.05) is 36.0 Å². The number of hydrogen-bond acceptors (Lipinski definition) is 6. The minimum Gasteiger partial charge on any atom is -0.494 e. The average Bonchev–Trinajstić information content (AvgIpc) is 3.21. The Balaban J connectivity index is 1.53. The third-order valence-corrected chi connectivity index (χ3v) is 5.17. The molecule has 1 aromatic carbocycles. The molecular weight excluding hydrogens is 366 g/mol. The molecular formula is C18H21N5O3S. The highest BCUT2D eigenvalue weighted by molar-refractivity contribution is 7.89. The third-order valence-electron chi connectivity index (χ3n) is 3.69. The first-order valence-corrected chi connectivity index (χ1v) is 9.98. The largest absolute Gasteiger partial charge is 0.494 e. The molecule has 0 saturated heterocycles. The summed E-state index contributed by atoms with van der Waals surface area (Å²) in [6.07, 6.45) is 5.23. The summed E-state index contributed by atoms with van der Waals surface area (Å²) in [5, 5.41) is 3.09. The van der Waals surface area contributed by atoms with E-state index in [-0.39, 0.29) is 11.4 Å². The Labute approximate surface area is 158 Å². The van der Waals surface area contributed by atoms with E-state index in [0.717, 1.165) is 5.82 Å². The Morgan fingerprint density at radius 3 is 2.52 bits per heavy atom. The quantitative estimate of drug-likeness (QED) is 0.546. The molecule has 2 aromatic heterocycles. The van der Waals surface area contributed by atoms with E-state index in [1.165, 1.54) is 18.5 Å². The summed E-state index contributed by atoms with van der Waals surface area (Å²) >= 11 is 0. The van der Waals surface area contributed by atoms with Crippen LogP contribution in [-0.4, -0.2) is 42.6 Å². The number of sulfonamides is 1. The molecule has 0 amide bonds. The highest BCUT2D eigenvalue weighted by atomic mass is 32.2. The molecule has 8 nitrogen and oxygen atoms in total. The van der Waals surface area contributed by atoms with Crippen molar-refractivity contribution in [1.29, 1.82) is 0 Å². The second kappa shape index (κ2) is 8.65. The minimum absolute atomic E-state index is 0.197. The van der Waals surface area contributed by atoms with E-state index < -0.39 is 10.0 Å². The first kappa shape index (κ1) is 18.9. The smallest absolute Gasteiger partial charge is 0.240 e. The zero-order valence-electron chi connectivity index (χ0n) is 14.9. The zero-order valence-corrected chi connectivity index (χ0v) is 15.7. The number of nitrogens with one attached hydrogen (secondary N) is 2. The summed E-state index contributed by atoms with van der Waals surface area (Å²) < 4.78 is 34.4. The number of ether oxygens (including phenoxy) is 1. The van der Waals surface area contributed by atoms with Gasteiger partial charge in [0.05, 0.1) is 11.5 Å². The van der Waals surface area contributed by atoms with E-state index in [9.17, 15) is 8.42 Å². The lowest BCUT2D eigenvalue weighted by atomic mass is 10.3. The lowest BCUT2D eigenvalue weighted by Crippen LogP contribution is -2.29. The second-order valence-electron chi connectivity index (χ2n) is 5.58. The SMILES string of the molecule is CCOc1ccc(S(=O)(=O)NCCNc2cc(-n3cccc3)ncn2)cc1. The summed E-state index contributed by atoms with van der Waals surface area (Å²) in [5.74, 6) is 1.99. The van der Waals surface area contributed by atoms with Gasteiger partial charge < -0.3 is 14.6 Å². The van der Waals surface area contributed by atoms with Crippen LogP contribution in [0.1, 0.15) is 6.92 Å². The molecule has 3 rings (SSSR count). The van der Waals surface area contributed by atoms with Gasteiger partial charge in [-0.1, -0.05) is 0 Å². The number of nitrogens with zero attached hydrogens (tertiary/aromatic N) is 3. The normalized spacial score (nSPS) is 11.3. The standard InChI is InChI=1S/C18H21N5O3S/c1-2-26-15-5-7-16(8-6-15)27(24,25)22-10-9-19-17-13-18(21-14-20-17)23-11-3-4-12-23/h3-8,11-14,22H,2,9-10H2,1H3,(H,19,20,21). The fourth-order valence-electron chi connectivity index (χ4n) is 2.41. The van der Waals surface area contributed by atoms with Crippen molar-refractivity contribution >= 4 is 15.8 Å². The van der Waals surface area contributed by atoms with E-state index in [1.54, 1.807) is 18.2 Å². The molecule has 0 bridgehead atoms. The van der Waals surface area contributed by atoms with Crippen LogP contribution in [-0.2, 0) is 10.0 Å². The Hall–Kier alpha value is -2.91. The molecule has 0 atom stereocenters. The highest BCUT2D eigenvalue weighted by Crippen LogP contribution is 2.15. The fraction of sp³-hybridized carbons (Fsp3) is 0.222. The van der Waals surface area contributed by atoms with Gasteiger partial charge in [-0.05, 0) is 43.3 Å². The fourth-order valence-corrected chi connectivity index (χ4v) is 3.45. The topological polar surface area (TPSA) is 98.1 Å². The predicted molar refractivity (Wildman–Crippen MR) is 103 cm³/mol. The molecule has 0 spiro atoms. The van der Waals surface area contributed by atoms with Crippen molar-refractivity contribution in [2.75, 3.05) is 25.0 Å². The van der Waals surface area contributed by atoms with E-state index >= 15 is 0 Å². The van der Waals surface area contributed by atoms with Crippen LogP contribution in [0.25, 0.3) is 5.82 Å². The molecule has 27 heavy (non-hydrogen) atoms. The Morgan fingerprint density at radius 1 is 1.07 bits per heavy atom. The summed E-state index contributed by atoms with van der Waals surface area (Å²) in [5.41, 5.74) is 0. The molecule has 9 heteroatoms. The molecule has 0 aliphatic carbocycles. The number of anilines is 1. The highest BCUT2D eigenvalue weighted by Gasteiger charge is 2.13. The molecule has 0 aliphatic heterocycles. The van der Waals surface area contributed by atoms with Crippen molar-refractivity contribution in [3.05, 3.63) is 61.2 Å². The van der Waals surface area contributed by atoms with Gasteiger partial charge in [0, 0.05) is 31.5 Å². The molecule has 0 radical (unpaired) electrons. The molecule has 0 unspecified atom stereocenters. The Morgan fingerprint density at radius 2 is 1.81 bits per heavy atom. The number of benzene rings is 1. The maximum atomic E-state index is 12.3. The van der Waals surface area contributed by atoms with Crippen LogP contribution in [0, 0.1) is 0 Å². The summed E-state index contributed by atoms with van der Waals surface area (Å²) in [7, 11) is -3.57. The maximum Gasteiger partial charge on any atom is 0.240 e. The number of aromatic nitrogens is 3. The van der Waals surface area contributed by atoms with Crippen molar-refractivity contribution in [3.8, 4) is 11.6 Å². The van der Waals surface area contributed by atoms with Crippen LogP contribution >= 0.6 is 0 Å². The van der Waals surface area contributed by atoms with Crippen LogP contribution in [0.3, 0.4) is 0 Å². The molecule has 2 heterocycles. The van der Waals surface area contributed by atoms with Crippen LogP contribution in [0.15, 0.2) is 66.1 Å². The lowest BCUT2D eigenvalue weighted by molar-refractivity contribution is 0.340. The Kier molecular flexibility index (Phi) is 6.05. The predicted octanol–water partition coefficient (Wildman–Crippen LogP) is 2.06. The van der Waals surface area contributed by atoms with Crippen molar-refractivity contribution in [1.82, 2.24) is 19.3 Å². The van der Waals surface area contributed by atoms with Gasteiger partial charge in [0.25, 0.3) is 0 Å². The van der Waals surface area contributed by atoms with Gasteiger partial charge in [-0.3, -0.25) is 0 Å². The molecule has 3 aromatic rings. The van der Waals surface area contributed by atoms with Gasteiger partial charge in [-0.15, -0.1) is 0 Å². The van der Waals surface area contributed by atoms with Gasteiger partial charge in [0.2, 0.25) is 10.0 Å². The van der Waals surface area contributed by atoms with Gasteiger partial charge in [0.15, 0.2) is 0 Å². The van der Waals surface area contributed by atoms with Crippen molar-refractivity contribution in [2.24, 2.45) is 0 Å². The summed E-state index contributed by atoms with van der Waals surface area (Å²) in [4.78, 5) is 8.54. The molecule has 2 N–H and O–H groups in total. The first-order chi connectivity index (χ1) is 13.1.